The highest BCUT2D eigenvalue weighted by Crippen LogP contribution is 2.31. The molecule has 5 heteroatoms. The average molecular weight is 313 g/mol. The molecule has 1 saturated heterocycles. The Hall–Kier alpha value is -1.26. The van der Waals surface area contributed by atoms with E-state index < -0.39 is 11.6 Å². The lowest BCUT2D eigenvalue weighted by atomic mass is 9.80. The van der Waals surface area contributed by atoms with Crippen molar-refractivity contribution in [2.24, 2.45) is 11.3 Å². The molecule has 1 atom stereocenters. The fraction of sp³-hybridized carbons (Fsp3) is 0.882. The first-order valence-electron chi connectivity index (χ1n) is 8.18. The van der Waals surface area contributed by atoms with Crippen LogP contribution in [0.1, 0.15) is 66.7 Å². The van der Waals surface area contributed by atoms with Gasteiger partial charge in [0.15, 0.2) is 0 Å². The second-order valence-electron chi connectivity index (χ2n) is 8.21. The molecule has 0 aromatic rings. The molecule has 5 nitrogen and oxygen atoms in total. The maximum Gasteiger partial charge on any atom is 0.410 e. The van der Waals surface area contributed by atoms with Crippen LogP contribution in [0.3, 0.4) is 0 Å². The number of carboxylic acids is 1. The maximum absolute atomic E-state index is 12.1. The third-order valence-corrected chi connectivity index (χ3v) is 4.03. The van der Waals surface area contributed by atoms with Gasteiger partial charge in [-0.05, 0) is 57.8 Å². The standard InChI is InChI=1S/C17H31NO4/c1-16(2,3)22-15(21)18-10-6-7-13(12-18)8-9-17(4,5)11-14(19)20/h13H,6-12H2,1-5H3,(H,19,20). The van der Waals surface area contributed by atoms with Gasteiger partial charge in [-0.1, -0.05) is 13.8 Å². The van der Waals surface area contributed by atoms with E-state index in [2.05, 4.69) is 0 Å². The summed E-state index contributed by atoms with van der Waals surface area (Å²) in [6.45, 7) is 11.1. The minimum atomic E-state index is -0.746. The minimum Gasteiger partial charge on any atom is -0.481 e. The Bertz CT molecular complexity index is 398. The highest BCUT2D eigenvalue weighted by molar-refractivity contribution is 5.68. The van der Waals surface area contributed by atoms with E-state index in [1.165, 1.54) is 0 Å². The summed E-state index contributed by atoms with van der Waals surface area (Å²) in [5, 5.41) is 8.94. The SMILES string of the molecule is CC(C)(CCC1CCCN(C(=O)OC(C)(C)C)C1)CC(=O)O. The fourth-order valence-electron chi connectivity index (χ4n) is 2.89. The fourth-order valence-corrected chi connectivity index (χ4v) is 2.89. The summed E-state index contributed by atoms with van der Waals surface area (Å²) in [5.41, 5.74) is -0.659. The summed E-state index contributed by atoms with van der Waals surface area (Å²) < 4.78 is 5.43. The van der Waals surface area contributed by atoms with Crippen LogP contribution in [0.15, 0.2) is 0 Å². The summed E-state index contributed by atoms with van der Waals surface area (Å²) >= 11 is 0. The molecule has 1 heterocycles. The number of rotatable bonds is 5. The lowest BCUT2D eigenvalue weighted by molar-refractivity contribution is -0.139. The molecule has 1 fully saturated rings. The summed E-state index contributed by atoms with van der Waals surface area (Å²) in [6, 6.07) is 0. The monoisotopic (exact) mass is 313 g/mol. The van der Waals surface area contributed by atoms with Crippen molar-refractivity contribution in [3.05, 3.63) is 0 Å². The van der Waals surface area contributed by atoms with Gasteiger partial charge in [0.25, 0.3) is 0 Å². The van der Waals surface area contributed by atoms with E-state index in [9.17, 15) is 9.59 Å². The molecule has 1 amide bonds. The van der Waals surface area contributed by atoms with E-state index >= 15 is 0 Å². The van der Waals surface area contributed by atoms with Gasteiger partial charge in [-0.2, -0.15) is 0 Å². The van der Waals surface area contributed by atoms with Crippen molar-refractivity contribution < 1.29 is 19.4 Å². The second kappa shape index (κ2) is 7.34. The molecule has 1 aliphatic rings. The molecule has 22 heavy (non-hydrogen) atoms. The predicted octanol–water partition coefficient (Wildman–Crippen LogP) is 3.91. The average Bonchev–Trinajstić information content (AvgIpc) is 2.33. The summed E-state index contributed by atoms with van der Waals surface area (Å²) in [4.78, 5) is 24.8. The maximum atomic E-state index is 12.1. The van der Waals surface area contributed by atoms with Crippen LogP contribution in [0.4, 0.5) is 4.79 Å². The second-order valence-corrected chi connectivity index (χ2v) is 8.21. The molecule has 0 spiro atoms. The predicted molar refractivity (Wildman–Crippen MR) is 85.8 cm³/mol. The summed E-state index contributed by atoms with van der Waals surface area (Å²) in [7, 11) is 0. The van der Waals surface area contributed by atoms with E-state index in [-0.39, 0.29) is 17.9 Å². The van der Waals surface area contributed by atoms with Crippen molar-refractivity contribution in [3.8, 4) is 0 Å². The molecule has 0 bridgehead atoms. The first kappa shape index (κ1) is 18.8. The van der Waals surface area contributed by atoms with Crippen molar-refractivity contribution in [3.63, 3.8) is 0 Å². The normalized spacial score (nSPS) is 19.9. The van der Waals surface area contributed by atoms with E-state index in [0.717, 1.165) is 38.8 Å². The third-order valence-electron chi connectivity index (χ3n) is 4.03. The van der Waals surface area contributed by atoms with Crippen LogP contribution in [0, 0.1) is 11.3 Å². The van der Waals surface area contributed by atoms with Gasteiger partial charge in [0, 0.05) is 13.1 Å². The molecule has 1 unspecified atom stereocenters. The van der Waals surface area contributed by atoms with Gasteiger partial charge < -0.3 is 14.7 Å². The molecule has 128 valence electrons. The summed E-state index contributed by atoms with van der Waals surface area (Å²) in [5.74, 6) is -0.307. The Morgan fingerprint density at radius 3 is 2.41 bits per heavy atom. The highest BCUT2D eigenvalue weighted by atomic mass is 16.6. The van der Waals surface area contributed by atoms with E-state index in [1.807, 2.05) is 34.6 Å². The molecular weight excluding hydrogens is 282 g/mol. The Kier molecular flexibility index (Phi) is 6.27. The number of carboxylic acid groups (broad SMARTS) is 1. The number of amides is 1. The number of nitrogens with zero attached hydrogens (tertiary/aromatic N) is 1. The Morgan fingerprint density at radius 1 is 1.23 bits per heavy atom. The lowest BCUT2D eigenvalue weighted by Crippen LogP contribution is -2.43. The Morgan fingerprint density at radius 2 is 1.86 bits per heavy atom. The number of carbonyl (C=O) groups excluding carboxylic acids is 1. The largest absolute Gasteiger partial charge is 0.481 e. The first-order valence-corrected chi connectivity index (χ1v) is 8.18. The van der Waals surface area contributed by atoms with Crippen LogP contribution in [-0.2, 0) is 9.53 Å². The smallest absolute Gasteiger partial charge is 0.410 e. The molecule has 0 saturated carbocycles. The van der Waals surface area contributed by atoms with Gasteiger partial charge in [-0.25, -0.2) is 4.79 Å². The van der Waals surface area contributed by atoms with Crippen LogP contribution < -0.4 is 0 Å². The molecule has 1 rings (SSSR count). The summed E-state index contributed by atoms with van der Waals surface area (Å²) in [6.07, 6.45) is 3.87. The number of piperidine rings is 1. The van der Waals surface area contributed by atoms with Crippen molar-refractivity contribution in [1.82, 2.24) is 4.90 Å². The van der Waals surface area contributed by atoms with Gasteiger partial charge in [0.1, 0.15) is 5.60 Å². The van der Waals surface area contributed by atoms with Crippen molar-refractivity contribution in [1.29, 1.82) is 0 Å². The van der Waals surface area contributed by atoms with E-state index in [4.69, 9.17) is 9.84 Å². The topological polar surface area (TPSA) is 66.8 Å². The van der Waals surface area contributed by atoms with Gasteiger partial charge in [-0.15, -0.1) is 0 Å². The number of hydrogen-bond acceptors (Lipinski definition) is 3. The minimum absolute atomic E-state index is 0.190. The first-order chi connectivity index (χ1) is 9.98. The Labute approximate surface area is 134 Å². The van der Waals surface area contributed by atoms with Crippen molar-refractivity contribution in [2.75, 3.05) is 13.1 Å². The zero-order valence-corrected chi connectivity index (χ0v) is 14.6. The zero-order valence-electron chi connectivity index (χ0n) is 14.6. The number of aliphatic carboxylic acids is 1. The number of hydrogen-bond donors (Lipinski definition) is 1. The van der Waals surface area contributed by atoms with Crippen LogP contribution in [0.2, 0.25) is 0 Å². The number of likely N-dealkylation sites (tertiary alicyclic amines) is 1. The molecule has 0 aliphatic carbocycles. The van der Waals surface area contributed by atoms with Gasteiger partial charge in [0.2, 0.25) is 0 Å². The third kappa shape index (κ3) is 7.14. The molecule has 0 radical (unpaired) electrons. The van der Waals surface area contributed by atoms with Gasteiger partial charge >= 0.3 is 12.1 Å². The van der Waals surface area contributed by atoms with Crippen molar-refractivity contribution in [2.45, 2.75) is 72.3 Å². The number of carbonyl (C=O) groups is 2. The van der Waals surface area contributed by atoms with Crippen LogP contribution in [0.25, 0.3) is 0 Å². The zero-order chi connectivity index (χ0) is 17.0. The number of ether oxygens (including phenoxy) is 1. The molecule has 1 N–H and O–H groups in total. The molecule has 1 aliphatic heterocycles. The van der Waals surface area contributed by atoms with Gasteiger partial charge in [-0.3, -0.25) is 4.79 Å². The molecule has 0 aromatic heterocycles. The van der Waals surface area contributed by atoms with E-state index in [0.29, 0.717) is 5.92 Å². The highest BCUT2D eigenvalue weighted by Gasteiger charge is 2.29. The van der Waals surface area contributed by atoms with Crippen LogP contribution in [-0.4, -0.2) is 40.8 Å². The Balaban J connectivity index is 2.46. The van der Waals surface area contributed by atoms with Crippen LogP contribution >= 0.6 is 0 Å². The molecular formula is C17H31NO4. The van der Waals surface area contributed by atoms with Crippen LogP contribution in [0.5, 0.6) is 0 Å². The van der Waals surface area contributed by atoms with Gasteiger partial charge in [0.05, 0.1) is 6.42 Å². The van der Waals surface area contributed by atoms with E-state index in [1.54, 1.807) is 4.90 Å². The quantitative estimate of drug-likeness (QED) is 0.835. The lowest BCUT2D eigenvalue weighted by Gasteiger charge is -2.35. The molecule has 0 aromatic carbocycles. The van der Waals surface area contributed by atoms with Crippen molar-refractivity contribution >= 4 is 12.1 Å².